The quantitative estimate of drug-likeness (QED) is 0.148. The van der Waals surface area contributed by atoms with E-state index in [1.807, 2.05) is 60.7 Å². The van der Waals surface area contributed by atoms with Crippen molar-refractivity contribution in [2.24, 2.45) is 0 Å². The van der Waals surface area contributed by atoms with Gasteiger partial charge in [0.05, 0.1) is 18.7 Å². The molecule has 2 N–H and O–H groups in total. The normalized spacial score (nSPS) is 10.7. The molecule has 0 fully saturated rings. The second-order valence-electron chi connectivity index (χ2n) is 10.4. The van der Waals surface area contributed by atoms with Gasteiger partial charge in [-0.1, -0.05) is 72.8 Å². The molecular formula is C37H35N3O4. The summed E-state index contributed by atoms with van der Waals surface area (Å²) in [4.78, 5) is 11.2. The van der Waals surface area contributed by atoms with Crippen molar-refractivity contribution in [1.29, 1.82) is 5.26 Å². The van der Waals surface area contributed by atoms with Gasteiger partial charge in [-0.2, -0.15) is 5.26 Å². The van der Waals surface area contributed by atoms with Crippen LogP contribution in [-0.2, 0) is 24.6 Å². The first kappa shape index (κ1) is 30.1. The fraction of sp³-hybridized carbons (Fsp3) is 0.189. The monoisotopic (exact) mass is 585 g/mol. The SMILES string of the molecule is COc1c(COc2ccc(CNCCNC(C)=O)c(OCc3cccc(C#N)c3)c2)cccc1-c1ccc2ccccc2c1. The highest BCUT2D eigenvalue weighted by molar-refractivity contribution is 5.88. The van der Waals surface area contributed by atoms with Crippen molar-refractivity contribution in [3.05, 3.63) is 125 Å². The number of carbonyl (C=O) groups is 1. The second kappa shape index (κ2) is 14.7. The van der Waals surface area contributed by atoms with Crippen LogP contribution in [0.3, 0.4) is 0 Å². The van der Waals surface area contributed by atoms with Crippen molar-refractivity contribution in [3.8, 4) is 34.4 Å². The molecule has 1 amide bonds. The fourth-order valence-electron chi connectivity index (χ4n) is 5.03. The Morgan fingerprint density at radius 1 is 0.795 bits per heavy atom. The average Bonchev–Trinajstić information content (AvgIpc) is 3.06. The number of hydrogen-bond acceptors (Lipinski definition) is 6. The number of amides is 1. The molecule has 0 unspecified atom stereocenters. The van der Waals surface area contributed by atoms with E-state index in [1.54, 1.807) is 13.2 Å². The Bertz CT molecular complexity index is 1790. The van der Waals surface area contributed by atoms with Crippen LogP contribution in [0.4, 0.5) is 0 Å². The second-order valence-corrected chi connectivity index (χ2v) is 10.4. The first-order valence-electron chi connectivity index (χ1n) is 14.5. The van der Waals surface area contributed by atoms with E-state index in [0.29, 0.717) is 49.9 Å². The molecule has 0 aliphatic heterocycles. The number of benzene rings is 5. The summed E-state index contributed by atoms with van der Waals surface area (Å²) in [6, 6.07) is 36.1. The Morgan fingerprint density at radius 2 is 1.64 bits per heavy atom. The maximum absolute atomic E-state index is 11.2. The molecule has 0 bridgehead atoms. The minimum Gasteiger partial charge on any atom is -0.496 e. The van der Waals surface area contributed by atoms with E-state index in [-0.39, 0.29) is 5.91 Å². The van der Waals surface area contributed by atoms with Crippen molar-refractivity contribution in [2.45, 2.75) is 26.7 Å². The molecule has 0 heterocycles. The van der Waals surface area contributed by atoms with Crippen molar-refractivity contribution in [1.82, 2.24) is 10.6 Å². The van der Waals surface area contributed by atoms with Gasteiger partial charge in [0, 0.05) is 49.3 Å². The molecule has 5 rings (SSSR count). The van der Waals surface area contributed by atoms with E-state index in [4.69, 9.17) is 14.2 Å². The lowest BCUT2D eigenvalue weighted by Gasteiger charge is -2.17. The largest absolute Gasteiger partial charge is 0.496 e. The number of para-hydroxylation sites is 1. The molecular weight excluding hydrogens is 550 g/mol. The number of nitrogens with one attached hydrogen (secondary N) is 2. The molecule has 0 aliphatic rings. The van der Waals surface area contributed by atoms with Gasteiger partial charge in [-0.15, -0.1) is 0 Å². The number of hydrogen-bond donors (Lipinski definition) is 2. The van der Waals surface area contributed by atoms with Gasteiger partial charge in [-0.25, -0.2) is 0 Å². The van der Waals surface area contributed by atoms with Crippen LogP contribution < -0.4 is 24.8 Å². The number of nitriles is 1. The van der Waals surface area contributed by atoms with E-state index in [9.17, 15) is 10.1 Å². The number of methoxy groups -OCH3 is 1. The molecule has 0 radical (unpaired) electrons. The van der Waals surface area contributed by atoms with Gasteiger partial charge in [0.2, 0.25) is 5.91 Å². The zero-order valence-corrected chi connectivity index (χ0v) is 24.9. The Hall–Kier alpha value is -5.32. The van der Waals surface area contributed by atoms with E-state index in [0.717, 1.165) is 33.6 Å². The Morgan fingerprint density at radius 3 is 2.45 bits per heavy atom. The highest BCUT2D eigenvalue weighted by atomic mass is 16.5. The molecule has 7 nitrogen and oxygen atoms in total. The number of carbonyl (C=O) groups excluding carboxylic acids is 1. The van der Waals surface area contributed by atoms with Gasteiger partial charge in [0.1, 0.15) is 30.5 Å². The molecule has 0 atom stereocenters. The molecule has 7 heteroatoms. The summed E-state index contributed by atoms with van der Waals surface area (Å²) in [5.74, 6) is 2.05. The molecule has 5 aromatic rings. The van der Waals surface area contributed by atoms with Crippen LogP contribution in [0.15, 0.2) is 103 Å². The zero-order valence-electron chi connectivity index (χ0n) is 24.9. The Labute approximate surface area is 258 Å². The molecule has 5 aromatic carbocycles. The van der Waals surface area contributed by atoms with Crippen molar-refractivity contribution >= 4 is 16.7 Å². The maximum atomic E-state index is 11.2. The predicted octanol–water partition coefficient (Wildman–Crippen LogP) is 6.77. The molecule has 0 spiro atoms. The number of nitrogens with zero attached hydrogens (tertiary/aromatic N) is 1. The lowest BCUT2D eigenvalue weighted by atomic mass is 9.98. The summed E-state index contributed by atoms with van der Waals surface area (Å²) < 4.78 is 18.4. The predicted molar refractivity (Wildman–Crippen MR) is 173 cm³/mol. The van der Waals surface area contributed by atoms with Crippen LogP contribution >= 0.6 is 0 Å². The van der Waals surface area contributed by atoms with Crippen molar-refractivity contribution in [2.75, 3.05) is 20.2 Å². The first-order valence-corrected chi connectivity index (χ1v) is 14.5. The molecule has 0 saturated carbocycles. The standard InChI is InChI=1S/C37H35N3O4/c1-26(41)40-18-17-39-23-32-15-16-34(21-36(32)44-24-28-8-5-7-27(19-28)22-38)43-25-33-11-6-12-35(37(33)42-2)31-14-13-29-9-3-4-10-30(29)20-31/h3-16,19-21,39H,17-18,23-25H2,1-2H3,(H,40,41). The lowest BCUT2D eigenvalue weighted by Crippen LogP contribution is -2.30. The third-order valence-corrected chi connectivity index (χ3v) is 7.24. The van der Waals surface area contributed by atoms with Crippen LogP contribution in [0.1, 0.15) is 29.2 Å². The highest BCUT2D eigenvalue weighted by Gasteiger charge is 2.13. The van der Waals surface area contributed by atoms with Gasteiger partial charge in [0.15, 0.2) is 0 Å². The van der Waals surface area contributed by atoms with Crippen LogP contribution in [-0.4, -0.2) is 26.1 Å². The average molecular weight is 586 g/mol. The van der Waals surface area contributed by atoms with Gasteiger partial charge in [0.25, 0.3) is 0 Å². The van der Waals surface area contributed by atoms with Crippen LogP contribution in [0, 0.1) is 11.3 Å². The van der Waals surface area contributed by atoms with Gasteiger partial charge < -0.3 is 24.8 Å². The summed E-state index contributed by atoms with van der Waals surface area (Å²) in [6.45, 7) is 3.82. The number of ether oxygens (including phenoxy) is 3. The minimum atomic E-state index is -0.0589. The van der Waals surface area contributed by atoms with E-state index in [2.05, 4.69) is 53.1 Å². The summed E-state index contributed by atoms with van der Waals surface area (Å²) in [5.41, 5.74) is 5.45. The summed E-state index contributed by atoms with van der Waals surface area (Å²) in [5, 5.41) is 17.8. The smallest absolute Gasteiger partial charge is 0.216 e. The molecule has 0 aliphatic carbocycles. The summed E-state index contributed by atoms with van der Waals surface area (Å²) >= 11 is 0. The van der Waals surface area contributed by atoms with E-state index in [1.165, 1.54) is 17.7 Å². The van der Waals surface area contributed by atoms with Crippen LogP contribution in [0.5, 0.6) is 17.2 Å². The molecule has 0 saturated heterocycles. The van der Waals surface area contributed by atoms with Crippen molar-refractivity contribution in [3.63, 3.8) is 0 Å². The molecule has 0 aromatic heterocycles. The van der Waals surface area contributed by atoms with Gasteiger partial charge in [-0.3, -0.25) is 4.79 Å². The van der Waals surface area contributed by atoms with Crippen LogP contribution in [0.2, 0.25) is 0 Å². The van der Waals surface area contributed by atoms with Gasteiger partial charge >= 0.3 is 0 Å². The third kappa shape index (κ3) is 7.74. The Kier molecular flexibility index (Phi) is 10.1. The minimum absolute atomic E-state index is 0.0589. The Balaban J connectivity index is 1.34. The third-order valence-electron chi connectivity index (χ3n) is 7.24. The van der Waals surface area contributed by atoms with Gasteiger partial charge in [-0.05, 0) is 46.2 Å². The summed E-state index contributed by atoms with van der Waals surface area (Å²) in [6.07, 6.45) is 0. The number of fused-ring (bicyclic) bond motifs is 1. The van der Waals surface area contributed by atoms with Crippen molar-refractivity contribution < 1.29 is 19.0 Å². The van der Waals surface area contributed by atoms with E-state index >= 15 is 0 Å². The molecule has 222 valence electrons. The topological polar surface area (TPSA) is 92.6 Å². The zero-order chi connectivity index (χ0) is 30.7. The lowest BCUT2D eigenvalue weighted by molar-refractivity contribution is -0.118. The fourth-order valence-corrected chi connectivity index (χ4v) is 5.03. The van der Waals surface area contributed by atoms with E-state index < -0.39 is 0 Å². The first-order chi connectivity index (χ1) is 21.5. The highest BCUT2D eigenvalue weighted by Crippen LogP contribution is 2.35. The number of rotatable bonds is 13. The van der Waals surface area contributed by atoms with Crippen LogP contribution in [0.25, 0.3) is 21.9 Å². The maximum Gasteiger partial charge on any atom is 0.216 e. The molecule has 44 heavy (non-hydrogen) atoms. The summed E-state index contributed by atoms with van der Waals surface area (Å²) in [7, 11) is 1.68.